The summed E-state index contributed by atoms with van der Waals surface area (Å²) in [4.78, 5) is 12.9. The Kier molecular flexibility index (Phi) is 5.56. The van der Waals surface area contributed by atoms with Crippen LogP contribution in [0.4, 0.5) is 23.2 Å². The Bertz CT molecular complexity index is 734. The van der Waals surface area contributed by atoms with E-state index < -0.39 is 35.1 Å². The van der Waals surface area contributed by atoms with Gasteiger partial charge in [0, 0.05) is 5.56 Å². The quantitative estimate of drug-likeness (QED) is 0.635. The SMILES string of the molecule is C[C@@H](C(=O)Nc1ccc(F)c(F)c1F)[NH+](C)Cc1ccc(F)cc1. The third-order valence-corrected chi connectivity index (χ3v) is 3.82. The largest absolute Gasteiger partial charge is 0.324 e. The van der Waals surface area contributed by atoms with Crippen molar-refractivity contribution in [1.82, 2.24) is 0 Å². The van der Waals surface area contributed by atoms with Gasteiger partial charge in [-0.05, 0) is 31.2 Å². The molecule has 0 spiro atoms. The molecule has 24 heavy (non-hydrogen) atoms. The summed E-state index contributed by atoms with van der Waals surface area (Å²) in [5.74, 6) is -5.28. The molecule has 128 valence electrons. The minimum atomic E-state index is -1.63. The molecule has 3 nitrogen and oxygen atoms in total. The van der Waals surface area contributed by atoms with Crippen LogP contribution >= 0.6 is 0 Å². The average molecular weight is 341 g/mol. The molecule has 2 aromatic rings. The summed E-state index contributed by atoms with van der Waals surface area (Å²) in [6.07, 6.45) is 0. The molecule has 0 fully saturated rings. The maximum Gasteiger partial charge on any atom is 0.282 e. The predicted molar refractivity (Wildman–Crippen MR) is 81.4 cm³/mol. The summed E-state index contributed by atoms with van der Waals surface area (Å²) in [7, 11) is 1.75. The Labute approximate surface area is 136 Å². The molecule has 1 amide bonds. The Morgan fingerprint density at radius 3 is 2.29 bits per heavy atom. The third kappa shape index (κ3) is 4.11. The van der Waals surface area contributed by atoms with Crippen LogP contribution in [0.3, 0.4) is 0 Å². The number of carbonyl (C=O) groups is 1. The molecule has 7 heteroatoms. The molecule has 0 aliphatic heterocycles. The van der Waals surface area contributed by atoms with E-state index in [9.17, 15) is 22.4 Å². The summed E-state index contributed by atoms with van der Waals surface area (Å²) in [5.41, 5.74) is 0.410. The average Bonchev–Trinajstić information content (AvgIpc) is 2.56. The molecule has 0 saturated heterocycles. The summed E-state index contributed by atoms with van der Waals surface area (Å²) in [6, 6.07) is 6.98. The van der Waals surface area contributed by atoms with Crippen LogP contribution in [0.25, 0.3) is 0 Å². The van der Waals surface area contributed by atoms with Crippen LogP contribution < -0.4 is 10.2 Å². The van der Waals surface area contributed by atoms with Crippen LogP contribution in [-0.4, -0.2) is 19.0 Å². The molecule has 0 bridgehead atoms. The molecule has 0 heterocycles. The maximum atomic E-state index is 13.6. The smallest absolute Gasteiger partial charge is 0.282 e. The van der Waals surface area contributed by atoms with E-state index in [1.54, 1.807) is 26.1 Å². The second kappa shape index (κ2) is 7.44. The van der Waals surface area contributed by atoms with Gasteiger partial charge in [-0.15, -0.1) is 0 Å². The van der Waals surface area contributed by atoms with E-state index >= 15 is 0 Å². The third-order valence-electron chi connectivity index (χ3n) is 3.82. The second-order valence-corrected chi connectivity index (χ2v) is 5.58. The molecule has 0 aromatic heterocycles. The molecule has 2 rings (SSSR count). The monoisotopic (exact) mass is 341 g/mol. The standard InChI is InChI=1S/C17H16F4N2O/c1-10(23(2)9-11-3-5-12(18)6-4-11)17(24)22-14-8-7-13(19)15(20)16(14)21/h3-8,10H,9H2,1-2H3,(H,22,24)/p+1/t10-/m0/s1. The van der Waals surface area contributed by atoms with Crippen molar-refractivity contribution in [2.75, 3.05) is 12.4 Å². The first kappa shape index (κ1) is 17.9. The van der Waals surface area contributed by atoms with Gasteiger partial charge >= 0.3 is 0 Å². The lowest BCUT2D eigenvalue weighted by Crippen LogP contribution is -3.12. The van der Waals surface area contributed by atoms with Gasteiger partial charge in [0.2, 0.25) is 0 Å². The fraction of sp³-hybridized carbons (Fsp3) is 0.235. The molecular weight excluding hydrogens is 324 g/mol. The van der Waals surface area contributed by atoms with Crippen LogP contribution in [0.5, 0.6) is 0 Å². The van der Waals surface area contributed by atoms with E-state index in [1.165, 1.54) is 12.1 Å². The van der Waals surface area contributed by atoms with Gasteiger partial charge in [0.05, 0.1) is 12.7 Å². The Balaban J connectivity index is 2.03. The number of likely N-dealkylation sites (N-methyl/N-ethyl adjacent to an activating group) is 1. The zero-order valence-corrected chi connectivity index (χ0v) is 13.2. The molecule has 2 N–H and O–H groups in total. The molecule has 2 atom stereocenters. The molecule has 0 saturated carbocycles. The lowest BCUT2D eigenvalue weighted by Gasteiger charge is -2.21. The highest BCUT2D eigenvalue weighted by Crippen LogP contribution is 2.19. The van der Waals surface area contributed by atoms with Gasteiger partial charge in [0.15, 0.2) is 23.5 Å². The van der Waals surface area contributed by atoms with Gasteiger partial charge in [-0.2, -0.15) is 0 Å². The van der Waals surface area contributed by atoms with E-state index in [0.717, 1.165) is 22.6 Å². The van der Waals surface area contributed by atoms with Crippen molar-refractivity contribution in [3.63, 3.8) is 0 Å². The highest BCUT2D eigenvalue weighted by atomic mass is 19.2. The molecule has 0 aliphatic rings. The van der Waals surface area contributed by atoms with Gasteiger partial charge in [0.1, 0.15) is 12.4 Å². The Morgan fingerprint density at radius 1 is 1.04 bits per heavy atom. The van der Waals surface area contributed by atoms with Gasteiger partial charge in [-0.3, -0.25) is 4.79 Å². The van der Waals surface area contributed by atoms with Crippen LogP contribution in [-0.2, 0) is 11.3 Å². The van der Waals surface area contributed by atoms with Crippen molar-refractivity contribution in [2.45, 2.75) is 19.5 Å². The van der Waals surface area contributed by atoms with E-state index in [0.29, 0.717) is 6.54 Å². The Morgan fingerprint density at radius 2 is 1.67 bits per heavy atom. The van der Waals surface area contributed by atoms with Crippen LogP contribution in [0.1, 0.15) is 12.5 Å². The molecular formula is C17H17F4N2O+. The van der Waals surface area contributed by atoms with E-state index in [-0.39, 0.29) is 5.82 Å². The maximum absolute atomic E-state index is 13.6. The highest BCUT2D eigenvalue weighted by Gasteiger charge is 2.24. The zero-order valence-electron chi connectivity index (χ0n) is 13.2. The first-order valence-corrected chi connectivity index (χ1v) is 7.30. The highest BCUT2D eigenvalue weighted by molar-refractivity contribution is 5.93. The molecule has 2 aromatic carbocycles. The second-order valence-electron chi connectivity index (χ2n) is 5.58. The number of nitrogens with one attached hydrogen (secondary N) is 2. The number of anilines is 1. The van der Waals surface area contributed by atoms with Crippen LogP contribution in [0.2, 0.25) is 0 Å². The molecule has 0 radical (unpaired) electrons. The number of rotatable bonds is 5. The summed E-state index contributed by atoms with van der Waals surface area (Å²) < 4.78 is 52.6. The van der Waals surface area contributed by atoms with Crippen molar-refractivity contribution in [1.29, 1.82) is 0 Å². The first-order chi connectivity index (χ1) is 11.3. The van der Waals surface area contributed by atoms with Crippen molar-refractivity contribution < 1.29 is 27.3 Å². The van der Waals surface area contributed by atoms with Crippen LogP contribution in [0.15, 0.2) is 36.4 Å². The number of benzene rings is 2. The van der Waals surface area contributed by atoms with Crippen LogP contribution in [0, 0.1) is 23.3 Å². The topological polar surface area (TPSA) is 33.5 Å². The number of carbonyl (C=O) groups excluding carboxylic acids is 1. The molecule has 0 aliphatic carbocycles. The van der Waals surface area contributed by atoms with Crippen molar-refractivity contribution >= 4 is 11.6 Å². The fourth-order valence-electron chi connectivity index (χ4n) is 2.16. The Hall–Kier alpha value is -2.41. The van der Waals surface area contributed by atoms with Crippen molar-refractivity contribution in [2.24, 2.45) is 0 Å². The normalized spacial score (nSPS) is 13.4. The van der Waals surface area contributed by atoms with E-state index in [4.69, 9.17) is 0 Å². The predicted octanol–water partition coefficient (Wildman–Crippen LogP) is 2.28. The number of halogens is 4. The number of hydrogen-bond donors (Lipinski definition) is 2. The van der Waals surface area contributed by atoms with Gasteiger partial charge in [0.25, 0.3) is 5.91 Å². The van der Waals surface area contributed by atoms with Crippen molar-refractivity contribution in [3.8, 4) is 0 Å². The number of quaternary nitrogens is 1. The first-order valence-electron chi connectivity index (χ1n) is 7.30. The minimum absolute atomic E-state index is 0.351. The number of amides is 1. The van der Waals surface area contributed by atoms with Gasteiger partial charge in [-0.1, -0.05) is 12.1 Å². The summed E-state index contributed by atoms with van der Waals surface area (Å²) in [5, 5.41) is 2.25. The minimum Gasteiger partial charge on any atom is -0.324 e. The zero-order chi connectivity index (χ0) is 17.9. The fourth-order valence-corrected chi connectivity index (χ4v) is 2.16. The van der Waals surface area contributed by atoms with E-state index in [1.807, 2.05) is 0 Å². The van der Waals surface area contributed by atoms with Crippen molar-refractivity contribution in [3.05, 3.63) is 65.2 Å². The summed E-state index contributed by atoms with van der Waals surface area (Å²) >= 11 is 0. The molecule has 1 unspecified atom stereocenters. The van der Waals surface area contributed by atoms with E-state index in [2.05, 4.69) is 5.32 Å². The summed E-state index contributed by atoms with van der Waals surface area (Å²) in [6.45, 7) is 2.06. The van der Waals surface area contributed by atoms with Gasteiger partial charge < -0.3 is 10.2 Å². The lowest BCUT2D eigenvalue weighted by molar-refractivity contribution is -0.907. The lowest BCUT2D eigenvalue weighted by atomic mass is 10.2. The number of hydrogen-bond acceptors (Lipinski definition) is 1. The van der Waals surface area contributed by atoms with Gasteiger partial charge in [-0.25, -0.2) is 17.6 Å².